The van der Waals surface area contributed by atoms with Gasteiger partial charge in [-0.2, -0.15) is 0 Å². The lowest BCUT2D eigenvalue weighted by molar-refractivity contribution is 0.601. The SMILES string of the molecule is C.CC(C)NCCNc1ncccn1. The smallest absolute Gasteiger partial charge is 0.222 e. The van der Waals surface area contributed by atoms with Gasteiger partial charge in [0.2, 0.25) is 5.95 Å². The van der Waals surface area contributed by atoms with Crippen LogP contribution in [-0.4, -0.2) is 29.1 Å². The molecule has 0 saturated carbocycles. The average Bonchev–Trinajstić information content (AvgIpc) is 2.14. The molecule has 80 valence electrons. The Morgan fingerprint density at radius 1 is 1.21 bits per heavy atom. The third-order valence-corrected chi connectivity index (χ3v) is 1.53. The van der Waals surface area contributed by atoms with Crippen molar-refractivity contribution in [1.82, 2.24) is 15.3 Å². The summed E-state index contributed by atoms with van der Waals surface area (Å²) in [5.41, 5.74) is 0. The second-order valence-electron chi connectivity index (χ2n) is 3.11. The fraction of sp³-hybridized carbons (Fsp3) is 0.600. The zero-order chi connectivity index (χ0) is 9.52. The Morgan fingerprint density at radius 3 is 2.43 bits per heavy atom. The maximum Gasteiger partial charge on any atom is 0.222 e. The Morgan fingerprint density at radius 2 is 1.86 bits per heavy atom. The Bertz CT molecular complexity index is 223. The summed E-state index contributed by atoms with van der Waals surface area (Å²) in [6, 6.07) is 2.33. The molecule has 1 aromatic rings. The Hall–Kier alpha value is -1.16. The van der Waals surface area contributed by atoms with Crippen LogP contribution in [0.1, 0.15) is 21.3 Å². The van der Waals surface area contributed by atoms with E-state index in [4.69, 9.17) is 0 Å². The van der Waals surface area contributed by atoms with Crippen LogP contribution in [0.25, 0.3) is 0 Å². The molecule has 0 saturated heterocycles. The molecule has 1 aromatic heterocycles. The van der Waals surface area contributed by atoms with Gasteiger partial charge in [0.05, 0.1) is 0 Å². The maximum atomic E-state index is 4.05. The molecule has 0 aromatic carbocycles. The van der Waals surface area contributed by atoms with Crippen molar-refractivity contribution < 1.29 is 0 Å². The molecule has 0 radical (unpaired) electrons. The molecule has 0 atom stereocenters. The van der Waals surface area contributed by atoms with Gasteiger partial charge >= 0.3 is 0 Å². The summed E-state index contributed by atoms with van der Waals surface area (Å²) < 4.78 is 0. The van der Waals surface area contributed by atoms with E-state index in [1.165, 1.54) is 0 Å². The van der Waals surface area contributed by atoms with E-state index >= 15 is 0 Å². The highest BCUT2D eigenvalue weighted by atomic mass is 15.1. The van der Waals surface area contributed by atoms with E-state index in [-0.39, 0.29) is 7.43 Å². The second kappa shape index (κ2) is 7.26. The fourth-order valence-electron chi connectivity index (χ4n) is 0.926. The molecule has 1 rings (SSSR count). The minimum absolute atomic E-state index is 0. The lowest BCUT2D eigenvalue weighted by Crippen LogP contribution is -2.28. The molecule has 0 fully saturated rings. The van der Waals surface area contributed by atoms with Crippen molar-refractivity contribution in [3.05, 3.63) is 18.5 Å². The Kier molecular flexibility index (Phi) is 6.66. The Labute approximate surface area is 86.2 Å². The molecular formula is C10H20N4. The maximum absolute atomic E-state index is 4.05. The highest BCUT2D eigenvalue weighted by molar-refractivity contribution is 5.21. The average molecular weight is 196 g/mol. The summed E-state index contributed by atoms with van der Waals surface area (Å²) in [4.78, 5) is 8.09. The number of anilines is 1. The van der Waals surface area contributed by atoms with Crippen molar-refractivity contribution in [2.24, 2.45) is 0 Å². The van der Waals surface area contributed by atoms with Gasteiger partial charge < -0.3 is 10.6 Å². The number of nitrogens with one attached hydrogen (secondary N) is 2. The third kappa shape index (κ3) is 5.48. The minimum atomic E-state index is 0. The standard InChI is InChI=1S/C9H16N4.CH4/c1-8(2)10-6-7-13-9-11-4-3-5-12-9;/h3-5,8,10H,6-7H2,1-2H3,(H,11,12,13);1H4. The van der Waals surface area contributed by atoms with E-state index in [9.17, 15) is 0 Å². The van der Waals surface area contributed by atoms with Crippen LogP contribution in [0, 0.1) is 0 Å². The van der Waals surface area contributed by atoms with Crippen LogP contribution in [0.15, 0.2) is 18.5 Å². The summed E-state index contributed by atoms with van der Waals surface area (Å²) >= 11 is 0. The molecule has 1 heterocycles. The second-order valence-corrected chi connectivity index (χ2v) is 3.11. The van der Waals surface area contributed by atoms with Crippen LogP contribution in [-0.2, 0) is 0 Å². The summed E-state index contributed by atoms with van der Waals surface area (Å²) in [5, 5.41) is 6.41. The first-order chi connectivity index (χ1) is 6.29. The topological polar surface area (TPSA) is 49.8 Å². The van der Waals surface area contributed by atoms with Gasteiger partial charge in [0.1, 0.15) is 0 Å². The molecule has 0 amide bonds. The van der Waals surface area contributed by atoms with Crippen LogP contribution in [0.2, 0.25) is 0 Å². The fourth-order valence-corrected chi connectivity index (χ4v) is 0.926. The lowest BCUT2D eigenvalue weighted by atomic mass is 10.4. The van der Waals surface area contributed by atoms with Gasteiger partial charge in [0, 0.05) is 31.5 Å². The first kappa shape index (κ1) is 12.8. The van der Waals surface area contributed by atoms with Crippen molar-refractivity contribution in [2.45, 2.75) is 27.3 Å². The molecule has 0 spiro atoms. The first-order valence-electron chi connectivity index (χ1n) is 4.53. The van der Waals surface area contributed by atoms with Gasteiger partial charge in [-0.15, -0.1) is 0 Å². The van der Waals surface area contributed by atoms with Gasteiger partial charge in [0.15, 0.2) is 0 Å². The number of rotatable bonds is 5. The molecule has 0 bridgehead atoms. The summed E-state index contributed by atoms with van der Waals surface area (Å²) in [5.74, 6) is 0.688. The number of aromatic nitrogens is 2. The number of nitrogens with zero attached hydrogens (tertiary/aromatic N) is 2. The molecule has 2 N–H and O–H groups in total. The highest BCUT2D eigenvalue weighted by Crippen LogP contribution is 1.91. The van der Waals surface area contributed by atoms with Crippen molar-refractivity contribution >= 4 is 5.95 Å². The first-order valence-corrected chi connectivity index (χ1v) is 4.53. The molecule has 0 aliphatic carbocycles. The third-order valence-electron chi connectivity index (χ3n) is 1.53. The van der Waals surface area contributed by atoms with Gasteiger partial charge in [-0.25, -0.2) is 9.97 Å². The van der Waals surface area contributed by atoms with Crippen LogP contribution in [0.4, 0.5) is 5.95 Å². The summed E-state index contributed by atoms with van der Waals surface area (Å²) in [6.45, 7) is 6.02. The molecule has 0 aliphatic heterocycles. The van der Waals surface area contributed by atoms with Crippen LogP contribution in [0.3, 0.4) is 0 Å². The number of hydrogen-bond donors (Lipinski definition) is 2. The van der Waals surface area contributed by atoms with Crippen molar-refractivity contribution in [3.8, 4) is 0 Å². The lowest BCUT2D eigenvalue weighted by Gasteiger charge is -2.08. The largest absolute Gasteiger partial charge is 0.353 e. The van der Waals surface area contributed by atoms with Crippen molar-refractivity contribution in [2.75, 3.05) is 18.4 Å². The zero-order valence-electron chi connectivity index (χ0n) is 8.12. The zero-order valence-corrected chi connectivity index (χ0v) is 8.12. The molecule has 14 heavy (non-hydrogen) atoms. The normalized spacial score (nSPS) is 9.64. The molecule has 4 heteroatoms. The predicted octanol–water partition coefficient (Wildman–Crippen LogP) is 1.52. The van der Waals surface area contributed by atoms with E-state index in [1.807, 2.05) is 0 Å². The minimum Gasteiger partial charge on any atom is -0.353 e. The van der Waals surface area contributed by atoms with Gasteiger partial charge in [0.25, 0.3) is 0 Å². The van der Waals surface area contributed by atoms with Crippen molar-refractivity contribution in [1.29, 1.82) is 0 Å². The highest BCUT2D eigenvalue weighted by Gasteiger charge is 1.93. The monoisotopic (exact) mass is 196 g/mol. The van der Waals surface area contributed by atoms with E-state index in [0.29, 0.717) is 12.0 Å². The molecule has 0 unspecified atom stereocenters. The van der Waals surface area contributed by atoms with Crippen LogP contribution >= 0.6 is 0 Å². The van der Waals surface area contributed by atoms with Crippen LogP contribution < -0.4 is 10.6 Å². The van der Waals surface area contributed by atoms with E-state index in [1.54, 1.807) is 18.5 Å². The molecular weight excluding hydrogens is 176 g/mol. The summed E-state index contributed by atoms with van der Waals surface area (Å²) in [6.07, 6.45) is 3.45. The van der Waals surface area contributed by atoms with Gasteiger partial charge in [-0.05, 0) is 6.07 Å². The quantitative estimate of drug-likeness (QED) is 0.701. The molecule has 4 nitrogen and oxygen atoms in total. The van der Waals surface area contributed by atoms with Crippen molar-refractivity contribution in [3.63, 3.8) is 0 Å². The van der Waals surface area contributed by atoms with Gasteiger partial charge in [-0.3, -0.25) is 0 Å². The Balaban J connectivity index is 0.00000169. The van der Waals surface area contributed by atoms with Crippen LogP contribution in [0.5, 0.6) is 0 Å². The van der Waals surface area contributed by atoms with Gasteiger partial charge in [-0.1, -0.05) is 21.3 Å². The van der Waals surface area contributed by atoms with E-state index in [0.717, 1.165) is 13.1 Å². The molecule has 0 aliphatic rings. The summed E-state index contributed by atoms with van der Waals surface area (Å²) in [7, 11) is 0. The number of hydrogen-bond acceptors (Lipinski definition) is 4. The predicted molar refractivity (Wildman–Crippen MR) is 60.4 cm³/mol. The van der Waals surface area contributed by atoms with E-state index in [2.05, 4.69) is 34.4 Å². The van der Waals surface area contributed by atoms with E-state index < -0.39 is 0 Å².